The number of benzene rings is 4. The molecule has 2 heterocycles. The normalized spacial score (nSPS) is 11.7. The zero-order chi connectivity index (χ0) is 22.0. The van der Waals surface area contributed by atoms with Crippen LogP contribution in [0.1, 0.15) is 22.3 Å². The summed E-state index contributed by atoms with van der Waals surface area (Å²) in [5.74, 6) is 0. The van der Waals surface area contributed by atoms with E-state index in [0.29, 0.717) is 0 Å². The molecule has 0 saturated heterocycles. The van der Waals surface area contributed by atoms with E-state index in [-0.39, 0.29) is 5.56 Å². The van der Waals surface area contributed by atoms with Crippen molar-refractivity contribution in [2.45, 2.75) is 27.7 Å². The highest BCUT2D eigenvalue weighted by molar-refractivity contribution is 6.15. The Morgan fingerprint density at radius 3 is 1.97 bits per heavy atom. The molecule has 6 aromatic rings. The van der Waals surface area contributed by atoms with Crippen molar-refractivity contribution in [2.75, 3.05) is 7.11 Å². The van der Waals surface area contributed by atoms with Crippen LogP contribution in [0.25, 0.3) is 49.0 Å². The summed E-state index contributed by atoms with van der Waals surface area (Å²) in [7, 11) is 1.00. The quantitative estimate of drug-likeness (QED) is 0.357. The summed E-state index contributed by atoms with van der Waals surface area (Å²) in [6, 6.07) is 16.4. The molecule has 0 radical (unpaired) electrons. The van der Waals surface area contributed by atoms with Gasteiger partial charge in [-0.2, -0.15) is 0 Å². The van der Waals surface area contributed by atoms with Crippen LogP contribution < -0.4 is 5.56 Å². The van der Waals surface area contributed by atoms with E-state index in [1.54, 1.807) is 4.40 Å². The average molecular weight is 409 g/mol. The largest absolute Gasteiger partial charge is 0.400 e. The van der Waals surface area contributed by atoms with Gasteiger partial charge >= 0.3 is 0 Å². The second-order valence-electron chi connectivity index (χ2n) is 8.17. The van der Waals surface area contributed by atoms with Crippen molar-refractivity contribution in [1.82, 2.24) is 9.38 Å². The van der Waals surface area contributed by atoms with E-state index in [1.807, 2.05) is 18.2 Å². The van der Waals surface area contributed by atoms with Crippen LogP contribution in [0.15, 0.2) is 53.3 Å². The lowest BCUT2D eigenvalue weighted by molar-refractivity contribution is 0.399. The fourth-order valence-electron chi connectivity index (χ4n) is 4.92. The maximum absolute atomic E-state index is 13.5. The molecule has 2 aromatic heterocycles. The van der Waals surface area contributed by atoms with Crippen LogP contribution in [0.2, 0.25) is 0 Å². The molecule has 0 aliphatic rings. The SMILES string of the molecule is CO.Cc1c(C)c(C)c2cc3c(cc2c1C)nc1c2cccc4cccc(c(=O)n31)c42. The number of aromatic nitrogens is 2. The van der Waals surface area contributed by atoms with Crippen molar-refractivity contribution in [3.05, 3.63) is 81.1 Å². The maximum atomic E-state index is 13.5. The molecule has 0 fully saturated rings. The number of nitrogens with zero attached hydrogens (tertiary/aromatic N) is 2. The minimum atomic E-state index is 0.00404. The number of aryl methyl sites for hydroxylation is 2. The number of rotatable bonds is 0. The van der Waals surface area contributed by atoms with Crippen molar-refractivity contribution in [3.63, 3.8) is 0 Å². The number of imidazole rings is 1. The summed E-state index contributed by atoms with van der Waals surface area (Å²) in [6.45, 7) is 8.70. The van der Waals surface area contributed by atoms with Gasteiger partial charge in [0, 0.05) is 23.3 Å². The van der Waals surface area contributed by atoms with Gasteiger partial charge in [0.15, 0.2) is 0 Å². The Labute approximate surface area is 179 Å². The summed E-state index contributed by atoms with van der Waals surface area (Å²) >= 11 is 0. The molecule has 0 saturated carbocycles. The van der Waals surface area contributed by atoms with Crippen molar-refractivity contribution in [2.24, 2.45) is 0 Å². The lowest BCUT2D eigenvalue weighted by atomic mass is 9.91. The zero-order valence-electron chi connectivity index (χ0n) is 18.4. The van der Waals surface area contributed by atoms with Crippen molar-refractivity contribution >= 4 is 49.0 Å². The van der Waals surface area contributed by atoms with E-state index in [9.17, 15) is 4.79 Å². The predicted molar refractivity (Wildman–Crippen MR) is 130 cm³/mol. The van der Waals surface area contributed by atoms with Gasteiger partial charge in [-0.15, -0.1) is 0 Å². The molecule has 0 aliphatic carbocycles. The smallest absolute Gasteiger partial charge is 0.264 e. The van der Waals surface area contributed by atoms with E-state index in [0.717, 1.165) is 45.3 Å². The van der Waals surface area contributed by atoms with E-state index >= 15 is 0 Å². The first kappa shape index (κ1) is 19.5. The Morgan fingerprint density at radius 1 is 0.742 bits per heavy atom. The maximum Gasteiger partial charge on any atom is 0.264 e. The predicted octanol–water partition coefficient (Wildman–Crippen LogP) is 5.59. The standard InChI is InChI=1S/C26H20N2O.CH4O/c1-13-14(2)16(4)21-12-23-22(11-20(21)15(13)3)27-25-18-9-5-7-17-8-6-10-19(24(17)18)26(29)28(23)25;1-2/h5-12H,1-4H3;2H,1H3. The van der Waals surface area contributed by atoms with Gasteiger partial charge in [-0.05, 0) is 84.3 Å². The molecular weight excluding hydrogens is 384 g/mol. The molecule has 0 aliphatic heterocycles. The molecule has 1 N–H and O–H groups in total. The molecule has 0 unspecified atom stereocenters. The Bertz CT molecular complexity index is 1710. The number of pyridine rings is 1. The molecule has 154 valence electrons. The minimum Gasteiger partial charge on any atom is -0.400 e. The molecule has 0 amide bonds. The number of aliphatic hydroxyl groups excluding tert-OH is 1. The molecule has 6 rings (SSSR count). The third kappa shape index (κ3) is 2.45. The van der Waals surface area contributed by atoms with Crippen LogP contribution >= 0.6 is 0 Å². The third-order valence-electron chi connectivity index (χ3n) is 6.87. The molecule has 4 heteroatoms. The van der Waals surface area contributed by atoms with Crippen molar-refractivity contribution in [1.29, 1.82) is 0 Å². The highest BCUT2D eigenvalue weighted by Gasteiger charge is 2.18. The Balaban J connectivity index is 0.000000994. The first-order valence-corrected chi connectivity index (χ1v) is 10.4. The number of hydrogen-bond acceptors (Lipinski definition) is 3. The second kappa shape index (κ2) is 6.76. The van der Waals surface area contributed by atoms with Gasteiger partial charge in [0.05, 0.1) is 11.0 Å². The second-order valence-corrected chi connectivity index (χ2v) is 8.17. The summed E-state index contributed by atoms with van der Waals surface area (Å²) < 4.78 is 1.80. The zero-order valence-corrected chi connectivity index (χ0v) is 18.4. The van der Waals surface area contributed by atoms with Crippen LogP contribution in [-0.4, -0.2) is 21.6 Å². The van der Waals surface area contributed by atoms with Gasteiger partial charge in [0.1, 0.15) is 5.65 Å². The van der Waals surface area contributed by atoms with Crippen LogP contribution in [0.4, 0.5) is 0 Å². The summed E-state index contributed by atoms with van der Waals surface area (Å²) in [5, 5.41) is 13.3. The molecular formula is C27H24N2O2. The summed E-state index contributed by atoms with van der Waals surface area (Å²) in [4.78, 5) is 18.4. The molecule has 0 bridgehead atoms. The molecule has 0 atom stereocenters. The van der Waals surface area contributed by atoms with E-state index < -0.39 is 0 Å². The fraction of sp³-hybridized carbons (Fsp3) is 0.185. The van der Waals surface area contributed by atoms with Gasteiger partial charge in [0.2, 0.25) is 0 Å². The average Bonchev–Trinajstić information content (AvgIpc) is 3.19. The minimum absolute atomic E-state index is 0.00404. The molecule has 0 spiro atoms. The topological polar surface area (TPSA) is 54.6 Å². The van der Waals surface area contributed by atoms with Crippen LogP contribution in [0, 0.1) is 27.7 Å². The van der Waals surface area contributed by atoms with Crippen LogP contribution in [0.5, 0.6) is 0 Å². The third-order valence-corrected chi connectivity index (χ3v) is 6.87. The van der Waals surface area contributed by atoms with Gasteiger partial charge in [-0.3, -0.25) is 9.20 Å². The molecule has 31 heavy (non-hydrogen) atoms. The van der Waals surface area contributed by atoms with Gasteiger partial charge in [0.25, 0.3) is 5.56 Å². The van der Waals surface area contributed by atoms with Gasteiger partial charge in [-0.25, -0.2) is 4.98 Å². The van der Waals surface area contributed by atoms with Crippen molar-refractivity contribution in [3.8, 4) is 0 Å². The van der Waals surface area contributed by atoms with Gasteiger partial charge < -0.3 is 5.11 Å². The van der Waals surface area contributed by atoms with E-state index in [4.69, 9.17) is 10.1 Å². The first-order valence-electron chi connectivity index (χ1n) is 10.4. The number of fused-ring (bicyclic) bond motifs is 5. The highest BCUT2D eigenvalue weighted by atomic mass is 16.2. The number of aliphatic hydroxyl groups is 1. The Hall–Kier alpha value is -3.50. The highest BCUT2D eigenvalue weighted by Crippen LogP contribution is 2.34. The monoisotopic (exact) mass is 408 g/mol. The van der Waals surface area contributed by atoms with E-state index in [2.05, 4.69) is 58.0 Å². The summed E-state index contributed by atoms with van der Waals surface area (Å²) in [5.41, 5.74) is 7.70. The van der Waals surface area contributed by atoms with Crippen LogP contribution in [0.3, 0.4) is 0 Å². The van der Waals surface area contributed by atoms with Crippen molar-refractivity contribution < 1.29 is 5.11 Å². The Morgan fingerprint density at radius 2 is 1.32 bits per heavy atom. The van der Waals surface area contributed by atoms with Crippen LogP contribution in [-0.2, 0) is 0 Å². The Kier molecular flexibility index (Phi) is 4.24. The van der Waals surface area contributed by atoms with E-state index in [1.165, 1.54) is 33.0 Å². The molecule has 4 nitrogen and oxygen atoms in total. The lowest BCUT2D eigenvalue weighted by Gasteiger charge is -2.14. The first-order chi connectivity index (χ1) is 15.0. The lowest BCUT2D eigenvalue weighted by Crippen LogP contribution is -2.13. The van der Waals surface area contributed by atoms with Gasteiger partial charge in [-0.1, -0.05) is 30.3 Å². The molecule has 4 aromatic carbocycles. The fourth-order valence-corrected chi connectivity index (χ4v) is 4.92. The summed E-state index contributed by atoms with van der Waals surface area (Å²) in [6.07, 6.45) is 0. The number of hydrogen-bond donors (Lipinski definition) is 1.